The molecule has 0 aliphatic heterocycles. The van der Waals surface area contributed by atoms with Crippen LogP contribution in [0.25, 0.3) is 0 Å². The van der Waals surface area contributed by atoms with Crippen LogP contribution >= 0.6 is 0 Å². The number of hydrogen-bond acceptors (Lipinski definition) is 3. The van der Waals surface area contributed by atoms with Crippen molar-refractivity contribution in [2.24, 2.45) is 11.8 Å². The molecule has 2 saturated carbocycles. The van der Waals surface area contributed by atoms with Crippen molar-refractivity contribution < 1.29 is 9.53 Å². The van der Waals surface area contributed by atoms with Gasteiger partial charge in [-0.25, -0.2) is 0 Å². The van der Waals surface area contributed by atoms with Crippen LogP contribution in [0.4, 0.5) is 5.69 Å². The summed E-state index contributed by atoms with van der Waals surface area (Å²) in [6.45, 7) is 0. The molecule has 3 rings (SSSR count). The number of carbonyl (C=O) groups is 1. The van der Waals surface area contributed by atoms with E-state index in [0.717, 1.165) is 24.3 Å². The van der Waals surface area contributed by atoms with Crippen LogP contribution in [0.1, 0.15) is 64.2 Å². The van der Waals surface area contributed by atoms with Gasteiger partial charge < -0.3 is 10.1 Å². The van der Waals surface area contributed by atoms with Gasteiger partial charge >= 0.3 is 0 Å². The Morgan fingerprint density at radius 3 is 2.12 bits per heavy atom. The van der Waals surface area contributed by atoms with E-state index >= 15 is 0 Å². The van der Waals surface area contributed by atoms with Gasteiger partial charge in [-0.3, -0.25) is 4.79 Å². The number of carbonyl (C=O) groups excluding carboxylic acids is 1. The molecule has 1 aromatic carbocycles. The standard InChI is InChI=1S/C21H31NO2/c1-24-19-14-12-18(13-15-19)22-20(16-8-4-2-5-9-16)21(23)17-10-6-3-7-11-17/h12-17,20,22H,2-11H2,1H3/t20-/m1/s1. The molecule has 0 bridgehead atoms. The summed E-state index contributed by atoms with van der Waals surface area (Å²) in [5.41, 5.74) is 1.04. The van der Waals surface area contributed by atoms with Crippen LogP contribution in [-0.4, -0.2) is 18.9 Å². The first-order chi connectivity index (χ1) is 11.8. The van der Waals surface area contributed by atoms with Crippen molar-refractivity contribution in [3.63, 3.8) is 0 Å². The molecule has 3 heteroatoms. The van der Waals surface area contributed by atoms with Crippen molar-refractivity contribution >= 4 is 11.5 Å². The minimum absolute atomic E-state index is 0.0122. The molecule has 1 atom stereocenters. The summed E-state index contributed by atoms with van der Waals surface area (Å²) in [4.78, 5) is 13.2. The van der Waals surface area contributed by atoms with E-state index in [1.54, 1.807) is 7.11 Å². The Labute approximate surface area is 146 Å². The summed E-state index contributed by atoms with van der Waals surface area (Å²) in [5.74, 6) is 2.09. The van der Waals surface area contributed by atoms with Gasteiger partial charge in [-0.15, -0.1) is 0 Å². The number of nitrogens with one attached hydrogen (secondary N) is 1. The quantitative estimate of drug-likeness (QED) is 0.779. The van der Waals surface area contributed by atoms with E-state index in [0.29, 0.717) is 11.7 Å². The van der Waals surface area contributed by atoms with E-state index in [2.05, 4.69) is 5.32 Å². The third-order valence-electron chi connectivity index (χ3n) is 5.85. The molecular weight excluding hydrogens is 298 g/mol. The molecule has 0 heterocycles. The Kier molecular flexibility index (Phi) is 6.17. The number of benzene rings is 1. The molecule has 0 radical (unpaired) electrons. The highest BCUT2D eigenvalue weighted by Crippen LogP contribution is 2.33. The fourth-order valence-corrected chi connectivity index (χ4v) is 4.40. The normalized spacial score (nSPS) is 21.2. The van der Waals surface area contributed by atoms with Crippen LogP contribution in [0, 0.1) is 11.8 Å². The molecule has 0 aromatic heterocycles. The molecule has 132 valence electrons. The minimum atomic E-state index is -0.0122. The van der Waals surface area contributed by atoms with Crippen LogP contribution in [0.15, 0.2) is 24.3 Å². The maximum absolute atomic E-state index is 13.2. The van der Waals surface area contributed by atoms with Crippen LogP contribution in [-0.2, 0) is 4.79 Å². The SMILES string of the molecule is COc1ccc(N[C@@H](C(=O)C2CCCCC2)C2CCCCC2)cc1. The van der Waals surface area contributed by atoms with Crippen LogP contribution in [0.3, 0.4) is 0 Å². The lowest BCUT2D eigenvalue weighted by Crippen LogP contribution is -2.42. The lowest BCUT2D eigenvalue weighted by molar-refractivity contribution is -0.125. The van der Waals surface area contributed by atoms with Crippen molar-refractivity contribution in [1.82, 2.24) is 0 Å². The average molecular weight is 329 g/mol. The zero-order valence-electron chi connectivity index (χ0n) is 14.9. The van der Waals surface area contributed by atoms with Gasteiger partial charge in [0.15, 0.2) is 5.78 Å². The lowest BCUT2D eigenvalue weighted by atomic mass is 9.76. The summed E-state index contributed by atoms with van der Waals surface area (Å²) >= 11 is 0. The third-order valence-corrected chi connectivity index (χ3v) is 5.85. The summed E-state index contributed by atoms with van der Waals surface area (Å²) in [5, 5.41) is 3.59. The molecule has 1 aromatic rings. The van der Waals surface area contributed by atoms with E-state index in [9.17, 15) is 4.79 Å². The maximum atomic E-state index is 13.2. The van der Waals surface area contributed by atoms with E-state index in [1.807, 2.05) is 24.3 Å². The Morgan fingerprint density at radius 1 is 0.958 bits per heavy atom. The van der Waals surface area contributed by atoms with Crippen LogP contribution in [0.2, 0.25) is 0 Å². The molecule has 24 heavy (non-hydrogen) atoms. The van der Waals surface area contributed by atoms with E-state index < -0.39 is 0 Å². The number of ether oxygens (including phenoxy) is 1. The van der Waals surface area contributed by atoms with Gasteiger partial charge in [0.2, 0.25) is 0 Å². The molecular formula is C21H31NO2. The van der Waals surface area contributed by atoms with Gasteiger partial charge in [-0.1, -0.05) is 38.5 Å². The number of ketones is 1. The zero-order chi connectivity index (χ0) is 16.8. The van der Waals surface area contributed by atoms with Crippen LogP contribution in [0.5, 0.6) is 5.75 Å². The number of methoxy groups -OCH3 is 1. The van der Waals surface area contributed by atoms with Gasteiger partial charge in [0, 0.05) is 11.6 Å². The highest BCUT2D eigenvalue weighted by Gasteiger charge is 2.34. The van der Waals surface area contributed by atoms with Gasteiger partial charge in [0.1, 0.15) is 5.75 Å². The Balaban J connectivity index is 1.73. The summed E-state index contributed by atoms with van der Waals surface area (Å²) in [6, 6.07) is 7.98. The maximum Gasteiger partial charge on any atom is 0.158 e. The highest BCUT2D eigenvalue weighted by atomic mass is 16.5. The summed E-state index contributed by atoms with van der Waals surface area (Å²) in [6.07, 6.45) is 12.1. The van der Waals surface area contributed by atoms with Gasteiger partial charge in [0.25, 0.3) is 0 Å². The number of Topliss-reactive ketones (excluding diaryl/α,β-unsaturated/α-hetero) is 1. The molecule has 0 unspecified atom stereocenters. The Bertz CT molecular complexity index is 513. The second kappa shape index (κ2) is 8.55. The predicted octanol–water partition coefficient (Wildman–Crippen LogP) is 5.21. The molecule has 0 spiro atoms. The molecule has 2 aliphatic rings. The molecule has 3 nitrogen and oxygen atoms in total. The van der Waals surface area contributed by atoms with Crippen molar-refractivity contribution in [2.75, 3.05) is 12.4 Å². The van der Waals surface area contributed by atoms with Gasteiger partial charge in [0.05, 0.1) is 13.2 Å². The fraction of sp³-hybridized carbons (Fsp3) is 0.667. The predicted molar refractivity (Wildman–Crippen MR) is 98.6 cm³/mol. The molecule has 1 N–H and O–H groups in total. The molecule has 2 aliphatic carbocycles. The van der Waals surface area contributed by atoms with Crippen LogP contribution < -0.4 is 10.1 Å². The minimum Gasteiger partial charge on any atom is -0.497 e. The Hall–Kier alpha value is -1.51. The van der Waals surface area contributed by atoms with E-state index in [-0.39, 0.29) is 12.0 Å². The Morgan fingerprint density at radius 2 is 1.54 bits per heavy atom. The topological polar surface area (TPSA) is 38.3 Å². The van der Waals surface area contributed by atoms with E-state index in [4.69, 9.17) is 4.74 Å². The smallest absolute Gasteiger partial charge is 0.158 e. The van der Waals surface area contributed by atoms with Gasteiger partial charge in [-0.2, -0.15) is 0 Å². The third kappa shape index (κ3) is 4.31. The number of hydrogen-bond donors (Lipinski definition) is 1. The summed E-state index contributed by atoms with van der Waals surface area (Å²) in [7, 11) is 1.68. The monoisotopic (exact) mass is 329 g/mol. The number of rotatable bonds is 6. The highest BCUT2D eigenvalue weighted by molar-refractivity contribution is 5.89. The average Bonchev–Trinajstić information content (AvgIpc) is 2.67. The van der Waals surface area contributed by atoms with Crippen molar-refractivity contribution in [3.8, 4) is 5.75 Å². The van der Waals surface area contributed by atoms with Crippen molar-refractivity contribution in [1.29, 1.82) is 0 Å². The molecule has 2 fully saturated rings. The second-order valence-electron chi connectivity index (χ2n) is 7.49. The fourth-order valence-electron chi connectivity index (χ4n) is 4.40. The van der Waals surface area contributed by atoms with Crippen molar-refractivity contribution in [2.45, 2.75) is 70.3 Å². The first-order valence-corrected chi connectivity index (χ1v) is 9.72. The van der Waals surface area contributed by atoms with Crippen molar-refractivity contribution in [3.05, 3.63) is 24.3 Å². The molecule has 0 saturated heterocycles. The zero-order valence-corrected chi connectivity index (χ0v) is 14.9. The lowest BCUT2D eigenvalue weighted by Gasteiger charge is -2.34. The largest absolute Gasteiger partial charge is 0.497 e. The summed E-state index contributed by atoms with van der Waals surface area (Å²) < 4.78 is 5.24. The first kappa shape index (κ1) is 17.3. The van der Waals surface area contributed by atoms with E-state index in [1.165, 1.54) is 51.4 Å². The number of anilines is 1. The molecule has 0 amide bonds. The first-order valence-electron chi connectivity index (χ1n) is 9.72. The van der Waals surface area contributed by atoms with Gasteiger partial charge in [-0.05, 0) is 55.9 Å². The second-order valence-corrected chi connectivity index (χ2v) is 7.49.